The molecule has 1 spiro atoms. The summed E-state index contributed by atoms with van der Waals surface area (Å²) in [5.41, 5.74) is 0.773. The Bertz CT molecular complexity index is 267. The van der Waals surface area contributed by atoms with Crippen molar-refractivity contribution in [2.75, 3.05) is 19.6 Å². The largest absolute Gasteiger partial charge is 0.312 e. The normalized spacial score (nSPS) is 30.2. The van der Waals surface area contributed by atoms with Gasteiger partial charge in [-0.2, -0.15) is 0 Å². The van der Waals surface area contributed by atoms with Gasteiger partial charge in [-0.3, -0.25) is 4.90 Å². The van der Waals surface area contributed by atoms with Gasteiger partial charge in [0.1, 0.15) is 0 Å². The molecule has 1 atom stereocenters. The van der Waals surface area contributed by atoms with Gasteiger partial charge in [0.05, 0.1) is 0 Å². The van der Waals surface area contributed by atoms with E-state index in [0.29, 0.717) is 0 Å². The highest BCUT2D eigenvalue weighted by Crippen LogP contribution is 2.46. The summed E-state index contributed by atoms with van der Waals surface area (Å²) >= 11 is 0. The van der Waals surface area contributed by atoms with Crippen molar-refractivity contribution in [1.29, 1.82) is 0 Å². The fourth-order valence-corrected chi connectivity index (χ4v) is 4.66. The molecule has 1 heterocycles. The van der Waals surface area contributed by atoms with Crippen molar-refractivity contribution in [1.82, 2.24) is 10.2 Å². The van der Waals surface area contributed by atoms with Crippen molar-refractivity contribution < 1.29 is 0 Å². The summed E-state index contributed by atoms with van der Waals surface area (Å²) < 4.78 is 0. The summed E-state index contributed by atoms with van der Waals surface area (Å²) in [7, 11) is 0. The van der Waals surface area contributed by atoms with Gasteiger partial charge in [-0.1, -0.05) is 25.7 Å². The topological polar surface area (TPSA) is 15.3 Å². The highest BCUT2D eigenvalue weighted by Gasteiger charge is 2.37. The first kappa shape index (κ1) is 13.9. The van der Waals surface area contributed by atoms with E-state index < -0.39 is 0 Å². The minimum absolute atomic E-state index is 0.736. The van der Waals surface area contributed by atoms with Crippen LogP contribution in [0, 0.1) is 5.41 Å². The predicted molar refractivity (Wildman–Crippen MR) is 81.4 cm³/mol. The Kier molecular flexibility index (Phi) is 4.48. The standard InChI is InChI=1S/C17H32N2/c1-15(14-18-16-6-2-3-7-16)19-12-10-17(11-13-19)8-4-5-9-17/h15-16,18H,2-14H2,1H3. The molecule has 0 amide bonds. The molecule has 19 heavy (non-hydrogen) atoms. The number of nitrogens with zero attached hydrogens (tertiary/aromatic N) is 1. The quantitative estimate of drug-likeness (QED) is 0.835. The van der Waals surface area contributed by atoms with E-state index in [1.807, 2.05) is 0 Å². The number of hydrogen-bond acceptors (Lipinski definition) is 2. The lowest BCUT2D eigenvalue weighted by Crippen LogP contribution is -2.48. The third-order valence-electron chi connectivity index (χ3n) is 6.20. The summed E-state index contributed by atoms with van der Waals surface area (Å²) in [6.07, 6.45) is 14.7. The zero-order chi connectivity index (χ0) is 13.1. The Morgan fingerprint density at radius 3 is 2.26 bits per heavy atom. The van der Waals surface area contributed by atoms with Gasteiger partial charge in [0.2, 0.25) is 0 Å². The molecule has 0 aromatic carbocycles. The molecule has 0 aromatic heterocycles. The van der Waals surface area contributed by atoms with Crippen LogP contribution in [-0.4, -0.2) is 36.6 Å². The van der Waals surface area contributed by atoms with Crippen LogP contribution in [0.4, 0.5) is 0 Å². The van der Waals surface area contributed by atoms with E-state index in [0.717, 1.165) is 17.5 Å². The molecule has 0 radical (unpaired) electrons. The zero-order valence-electron chi connectivity index (χ0n) is 12.8. The van der Waals surface area contributed by atoms with Crippen LogP contribution >= 0.6 is 0 Å². The van der Waals surface area contributed by atoms with Crippen LogP contribution in [0.15, 0.2) is 0 Å². The van der Waals surface area contributed by atoms with Crippen LogP contribution in [-0.2, 0) is 0 Å². The average molecular weight is 264 g/mol. The Morgan fingerprint density at radius 2 is 1.63 bits per heavy atom. The van der Waals surface area contributed by atoms with Gasteiger partial charge in [-0.15, -0.1) is 0 Å². The fraction of sp³-hybridized carbons (Fsp3) is 1.00. The number of nitrogens with one attached hydrogen (secondary N) is 1. The third-order valence-corrected chi connectivity index (χ3v) is 6.20. The molecule has 0 bridgehead atoms. The Morgan fingerprint density at radius 1 is 1.00 bits per heavy atom. The summed E-state index contributed by atoms with van der Waals surface area (Å²) in [6.45, 7) is 6.34. The molecule has 2 heteroatoms. The van der Waals surface area contributed by atoms with Crippen LogP contribution in [0.1, 0.15) is 71.1 Å². The van der Waals surface area contributed by atoms with E-state index in [2.05, 4.69) is 17.1 Å². The van der Waals surface area contributed by atoms with Crippen LogP contribution in [0.2, 0.25) is 0 Å². The number of piperidine rings is 1. The average Bonchev–Trinajstić information content (AvgIpc) is 3.09. The van der Waals surface area contributed by atoms with Crippen molar-refractivity contribution >= 4 is 0 Å². The summed E-state index contributed by atoms with van der Waals surface area (Å²) in [6, 6.07) is 1.56. The molecule has 1 N–H and O–H groups in total. The number of likely N-dealkylation sites (tertiary alicyclic amines) is 1. The van der Waals surface area contributed by atoms with Gasteiger partial charge in [0.15, 0.2) is 0 Å². The third kappa shape index (κ3) is 3.33. The van der Waals surface area contributed by atoms with E-state index in [1.54, 1.807) is 0 Å². The van der Waals surface area contributed by atoms with Crippen LogP contribution in [0.5, 0.6) is 0 Å². The molecule has 1 saturated heterocycles. The highest BCUT2D eigenvalue weighted by atomic mass is 15.2. The van der Waals surface area contributed by atoms with Gasteiger partial charge < -0.3 is 5.32 Å². The zero-order valence-corrected chi connectivity index (χ0v) is 12.8. The molecule has 3 aliphatic rings. The molecule has 2 saturated carbocycles. The maximum atomic E-state index is 3.80. The molecule has 110 valence electrons. The summed E-state index contributed by atoms with van der Waals surface area (Å²) in [4.78, 5) is 2.74. The monoisotopic (exact) mass is 264 g/mol. The van der Waals surface area contributed by atoms with E-state index in [-0.39, 0.29) is 0 Å². The Balaban J connectivity index is 1.40. The molecule has 3 rings (SSSR count). The van der Waals surface area contributed by atoms with Crippen molar-refractivity contribution in [2.24, 2.45) is 5.41 Å². The fourth-order valence-electron chi connectivity index (χ4n) is 4.66. The van der Waals surface area contributed by atoms with E-state index in [1.165, 1.54) is 83.8 Å². The summed E-state index contributed by atoms with van der Waals surface area (Å²) in [5, 5.41) is 3.80. The smallest absolute Gasteiger partial charge is 0.0192 e. The minimum atomic E-state index is 0.736. The highest BCUT2D eigenvalue weighted by molar-refractivity contribution is 4.91. The van der Waals surface area contributed by atoms with E-state index in [9.17, 15) is 0 Å². The lowest BCUT2D eigenvalue weighted by Gasteiger charge is -2.42. The van der Waals surface area contributed by atoms with Gasteiger partial charge in [-0.05, 0) is 64.0 Å². The van der Waals surface area contributed by atoms with Crippen LogP contribution < -0.4 is 5.32 Å². The SMILES string of the molecule is CC(CNC1CCCC1)N1CCC2(CCCC2)CC1. The van der Waals surface area contributed by atoms with Crippen molar-refractivity contribution in [3.63, 3.8) is 0 Å². The minimum Gasteiger partial charge on any atom is -0.312 e. The van der Waals surface area contributed by atoms with Crippen LogP contribution in [0.3, 0.4) is 0 Å². The molecular weight excluding hydrogens is 232 g/mol. The first-order valence-electron chi connectivity index (χ1n) is 8.75. The molecule has 3 fully saturated rings. The Hall–Kier alpha value is -0.0800. The molecular formula is C17H32N2. The summed E-state index contributed by atoms with van der Waals surface area (Å²) in [5.74, 6) is 0. The van der Waals surface area contributed by atoms with Gasteiger partial charge in [0, 0.05) is 18.6 Å². The van der Waals surface area contributed by atoms with Crippen molar-refractivity contribution in [3.05, 3.63) is 0 Å². The molecule has 2 nitrogen and oxygen atoms in total. The lowest BCUT2D eigenvalue weighted by molar-refractivity contribution is 0.0802. The maximum Gasteiger partial charge on any atom is 0.0192 e. The molecule has 1 unspecified atom stereocenters. The van der Waals surface area contributed by atoms with Gasteiger partial charge in [0.25, 0.3) is 0 Å². The molecule has 0 aromatic rings. The second-order valence-corrected chi connectivity index (χ2v) is 7.48. The second kappa shape index (κ2) is 6.13. The second-order valence-electron chi connectivity index (χ2n) is 7.48. The first-order chi connectivity index (χ1) is 9.27. The lowest BCUT2D eigenvalue weighted by atomic mass is 9.77. The van der Waals surface area contributed by atoms with Gasteiger partial charge >= 0.3 is 0 Å². The molecule has 1 aliphatic heterocycles. The van der Waals surface area contributed by atoms with Gasteiger partial charge in [-0.25, -0.2) is 0 Å². The first-order valence-corrected chi connectivity index (χ1v) is 8.75. The van der Waals surface area contributed by atoms with Crippen LogP contribution in [0.25, 0.3) is 0 Å². The molecule has 2 aliphatic carbocycles. The number of hydrogen-bond donors (Lipinski definition) is 1. The van der Waals surface area contributed by atoms with Crippen molar-refractivity contribution in [2.45, 2.75) is 83.2 Å². The predicted octanol–water partition coefficient (Wildman–Crippen LogP) is 3.56. The van der Waals surface area contributed by atoms with E-state index in [4.69, 9.17) is 0 Å². The maximum absolute atomic E-state index is 3.80. The Labute approximate surface area is 119 Å². The number of rotatable bonds is 4. The van der Waals surface area contributed by atoms with E-state index >= 15 is 0 Å². The van der Waals surface area contributed by atoms with Crippen molar-refractivity contribution in [3.8, 4) is 0 Å².